The summed E-state index contributed by atoms with van der Waals surface area (Å²) in [5.74, 6) is -2.12. The Kier molecular flexibility index (Phi) is 83.5. The number of phosphoric ester groups is 2. The molecule has 5 atom stereocenters. The van der Waals surface area contributed by atoms with Gasteiger partial charge in [0.2, 0.25) is 0 Å². The lowest BCUT2D eigenvalue weighted by Crippen LogP contribution is -2.30. The van der Waals surface area contributed by atoms with Gasteiger partial charge in [-0.2, -0.15) is 0 Å². The maximum absolute atomic E-state index is 13.2. The van der Waals surface area contributed by atoms with E-state index in [9.17, 15) is 43.2 Å². The van der Waals surface area contributed by atoms with Crippen molar-refractivity contribution in [2.45, 2.75) is 502 Å². The Balaban J connectivity index is 5.25. The molecule has 0 aromatic carbocycles. The molecule has 0 bridgehead atoms. The number of ether oxygens (including phenoxy) is 4. The summed E-state index contributed by atoms with van der Waals surface area (Å²) in [6, 6.07) is 0. The predicted molar refractivity (Wildman–Crippen MR) is 460 cm³/mol. The number of aliphatic hydroxyl groups excluding tert-OH is 1. The normalized spacial score (nSPS) is 13.8. The number of allylic oxidation sites excluding steroid dienone is 4. The molecule has 111 heavy (non-hydrogen) atoms. The first-order valence-corrected chi connectivity index (χ1v) is 50.1. The van der Waals surface area contributed by atoms with Crippen molar-refractivity contribution in [3.05, 3.63) is 24.3 Å². The molecule has 0 rings (SSSR count). The van der Waals surface area contributed by atoms with E-state index in [1.54, 1.807) is 0 Å². The van der Waals surface area contributed by atoms with Crippen LogP contribution < -0.4 is 0 Å². The monoisotopic (exact) mass is 1620 g/mol. The van der Waals surface area contributed by atoms with E-state index in [-0.39, 0.29) is 25.7 Å². The second-order valence-corrected chi connectivity index (χ2v) is 35.3. The fourth-order valence-electron chi connectivity index (χ4n) is 14.0. The highest BCUT2D eigenvalue weighted by Crippen LogP contribution is 2.45. The average Bonchev–Trinajstić information content (AvgIpc) is 0.898. The van der Waals surface area contributed by atoms with E-state index < -0.39 is 97.5 Å². The Labute approximate surface area is 682 Å². The number of aliphatic hydroxyl groups is 1. The molecule has 0 radical (unpaired) electrons. The Morgan fingerprint density at radius 1 is 0.252 bits per heavy atom. The van der Waals surface area contributed by atoms with Gasteiger partial charge in [0, 0.05) is 25.7 Å². The molecule has 2 unspecified atom stereocenters. The quantitative estimate of drug-likeness (QED) is 0.0169. The lowest BCUT2D eigenvalue weighted by Gasteiger charge is -2.21. The minimum atomic E-state index is -4.97. The van der Waals surface area contributed by atoms with Crippen LogP contribution in [0.25, 0.3) is 0 Å². The van der Waals surface area contributed by atoms with Gasteiger partial charge in [-0.1, -0.05) is 431 Å². The number of hydrogen-bond acceptors (Lipinski definition) is 15. The summed E-state index contributed by atoms with van der Waals surface area (Å²) < 4.78 is 69.0. The summed E-state index contributed by atoms with van der Waals surface area (Å²) in [7, 11) is -9.95. The van der Waals surface area contributed by atoms with Crippen LogP contribution >= 0.6 is 15.6 Å². The number of hydrogen-bond donors (Lipinski definition) is 3. The molecule has 0 aliphatic carbocycles. The smallest absolute Gasteiger partial charge is 0.462 e. The Bertz CT molecular complexity index is 2180. The third-order valence-corrected chi connectivity index (χ3v) is 23.1. The van der Waals surface area contributed by atoms with E-state index in [1.165, 1.54) is 302 Å². The highest BCUT2D eigenvalue weighted by atomic mass is 31.2. The molecule has 0 amide bonds. The van der Waals surface area contributed by atoms with Crippen LogP contribution in [-0.2, 0) is 65.4 Å². The van der Waals surface area contributed by atoms with Gasteiger partial charge in [0.05, 0.1) is 26.4 Å². The van der Waals surface area contributed by atoms with Crippen LogP contribution in [0.2, 0.25) is 0 Å². The molecule has 0 saturated heterocycles. The molecule has 0 aliphatic rings. The lowest BCUT2D eigenvalue weighted by atomic mass is 10.0. The summed E-state index contributed by atoms with van der Waals surface area (Å²) in [6.45, 7) is 5.01. The van der Waals surface area contributed by atoms with E-state index in [0.29, 0.717) is 25.7 Å². The number of unbranched alkanes of at least 4 members (excludes halogenated alkanes) is 62. The van der Waals surface area contributed by atoms with Gasteiger partial charge in [0.15, 0.2) is 12.2 Å². The average molecular weight is 1620 g/mol. The van der Waals surface area contributed by atoms with Crippen LogP contribution in [0.5, 0.6) is 0 Å². The molecule has 0 fully saturated rings. The standard InChI is InChI=1S/C92H176O17P2/c1-5-9-13-17-21-25-29-33-36-38-40-42-44-46-48-51-53-57-61-65-69-73-77-90(95)103-83-88(109-92(97)79-75-71-67-63-59-55-52-49-47-45-43-41-39-37-34-30-26-22-18-14-10-6-2)85-107-111(100,101)105-81-86(93)80-104-110(98,99)106-84-87(82-102-89(94)76-72-68-64-60-56-32-28-24-20-16-12-8-4)108-91(96)78-74-70-66-62-58-54-50-35-31-27-23-19-15-11-7-3/h27,31,35,50,86-88,93H,5-26,28-30,32-34,36-49,51-85H2,1-4H3,(H,98,99)(H,100,101)/b31-27-,50-35-/t86-,87+,88+/m0/s1. The van der Waals surface area contributed by atoms with E-state index in [2.05, 4.69) is 52.0 Å². The van der Waals surface area contributed by atoms with Crippen molar-refractivity contribution < 1.29 is 80.2 Å². The molecule has 0 aromatic rings. The topological polar surface area (TPSA) is 237 Å². The zero-order chi connectivity index (χ0) is 81.0. The van der Waals surface area contributed by atoms with Gasteiger partial charge in [-0.3, -0.25) is 37.3 Å². The maximum Gasteiger partial charge on any atom is 0.472 e. The highest BCUT2D eigenvalue weighted by molar-refractivity contribution is 7.47. The van der Waals surface area contributed by atoms with Gasteiger partial charge in [0.25, 0.3) is 0 Å². The van der Waals surface area contributed by atoms with Crippen LogP contribution in [0.15, 0.2) is 24.3 Å². The van der Waals surface area contributed by atoms with Crippen molar-refractivity contribution in [3.63, 3.8) is 0 Å². The van der Waals surface area contributed by atoms with Crippen LogP contribution in [0.4, 0.5) is 0 Å². The summed E-state index contributed by atoms with van der Waals surface area (Å²) >= 11 is 0. The molecule has 656 valence electrons. The van der Waals surface area contributed by atoms with E-state index in [4.69, 9.17) is 37.0 Å². The number of phosphoric acid groups is 2. The first-order chi connectivity index (χ1) is 54.2. The third-order valence-electron chi connectivity index (χ3n) is 21.2. The number of rotatable bonds is 91. The van der Waals surface area contributed by atoms with Crippen molar-refractivity contribution >= 4 is 39.5 Å². The summed E-state index contributed by atoms with van der Waals surface area (Å²) in [5.41, 5.74) is 0. The SMILES string of the molecule is CCCCCC/C=C\C=C/CCCCCCCC(=O)O[C@H](COC(=O)CCCCCCCCCCCCCC)COP(=O)(O)OC[C@H](O)COP(=O)(O)OC[C@@H](COC(=O)CCCCCCCCCCCCCCCCCCCCCCCC)OC(=O)CCCCCCCCCCCCCCCCCCCCCCCC. The molecule has 0 heterocycles. The molecule has 0 aromatic heterocycles. The predicted octanol–water partition coefficient (Wildman–Crippen LogP) is 28.4. The third kappa shape index (κ3) is 85.2. The van der Waals surface area contributed by atoms with Crippen molar-refractivity contribution in [2.24, 2.45) is 0 Å². The Hall–Kier alpha value is -2.46. The first kappa shape index (κ1) is 109. The van der Waals surface area contributed by atoms with Gasteiger partial charge in [-0.25, -0.2) is 9.13 Å². The Morgan fingerprint density at radius 2 is 0.432 bits per heavy atom. The van der Waals surface area contributed by atoms with Crippen LogP contribution in [0, 0.1) is 0 Å². The minimum Gasteiger partial charge on any atom is -0.462 e. The molecule has 17 nitrogen and oxygen atoms in total. The largest absolute Gasteiger partial charge is 0.472 e. The van der Waals surface area contributed by atoms with E-state index >= 15 is 0 Å². The fourth-order valence-corrected chi connectivity index (χ4v) is 15.6. The highest BCUT2D eigenvalue weighted by Gasteiger charge is 2.30. The summed E-state index contributed by atoms with van der Waals surface area (Å²) in [5, 5.41) is 10.7. The maximum atomic E-state index is 13.2. The van der Waals surface area contributed by atoms with Gasteiger partial charge < -0.3 is 33.8 Å². The molecular weight excluding hydrogens is 1440 g/mol. The number of esters is 4. The van der Waals surface area contributed by atoms with Crippen LogP contribution in [0.1, 0.15) is 484 Å². The first-order valence-electron chi connectivity index (χ1n) is 47.1. The molecule has 0 spiro atoms. The molecule has 0 saturated carbocycles. The molecule has 3 N–H and O–H groups in total. The van der Waals surface area contributed by atoms with Gasteiger partial charge in [-0.05, 0) is 51.4 Å². The second-order valence-electron chi connectivity index (χ2n) is 32.4. The van der Waals surface area contributed by atoms with E-state index in [0.717, 1.165) is 103 Å². The zero-order valence-electron chi connectivity index (χ0n) is 72.4. The number of carbonyl (C=O) groups is 4. The number of carbonyl (C=O) groups excluding carboxylic acids is 4. The van der Waals surface area contributed by atoms with Gasteiger partial charge in [0.1, 0.15) is 19.3 Å². The van der Waals surface area contributed by atoms with Crippen molar-refractivity contribution in [2.75, 3.05) is 39.6 Å². The van der Waals surface area contributed by atoms with E-state index in [1.807, 2.05) is 0 Å². The second kappa shape index (κ2) is 85.4. The van der Waals surface area contributed by atoms with Crippen LogP contribution in [0.3, 0.4) is 0 Å². The fraction of sp³-hybridized carbons (Fsp3) is 0.913. The van der Waals surface area contributed by atoms with Crippen molar-refractivity contribution in [3.8, 4) is 0 Å². The van der Waals surface area contributed by atoms with Crippen molar-refractivity contribution in [1.29, 1.82) is 0 Å². The lowest BCUT2D eigenvalue weighted by molar-refractivity contribution is -0.161. The zero-order valence-corrected chi connectivity index (χ0v) is 74.2. The summed E-state index contributed by atoms with van der Waals surface area (Å²) in [4.78, 5) is 73.4. The minimum absolute atomic E-state index is 0.0862. The van der Waals surface area contributed by atoms with Gasteiger partial charge in [-0.15, -0.1) is 0 Å². The molecular formula is C92H176O17P2. The molecule has 0 aliphatic heterocycles. The molecule has 19 heteroatoms. The van der Waals surface area contributed by atoms with Gasteiger partial charge >= 0.3 is 39.5 Å². The summed E-state index contributed by atoms with van der Waals surface area (Å²) in [6.07, 6.45) is 85.7. The van der Waals surface area contributed by atoms with Crippen molar-refractivity contribution in [1.82, 2.24) is 0 Å². The van der Waals surface area contributed by atoms with Crippen LogP contribution in [-0.4, -0.2) is 96.7 Å². The Morgan fingerprint density at radius 3 is 0.658 bits per heavy atom.